The summed E-state index contributed by atoms with van der Waals surface area (Å²) in [6, 6.07) is 8.39. The number of nitrogens with one attached hydrogen (secondary N) is 2. The standard InChI is InChI=1S/C20H30N4O2/c1-24(2)19(25)13-22-20(23-18-11-14-7-8-16(18)9-14)21-12-15-5-4-6-17(10-15)26-3/h4-6,10,14,16,18H,7-9,11-13H2,1-3H3,(H2,21,22,23). The van der Waals surface area contributed by atoms with Gasteiger partial charge in [0.05, 0.1) is 20.2 Å². The smallest absolute Gasteiger partial charge is 0.241 e. The first kappa shape index (κ1) is 18.5. The Labute approximate surface area is 156 Å². The molecule has 6 heteroatoms. The third-order valence-electron chi connectivity index (χ3n) is 5.52. The summed E-state index contributed by atoms with van der Waals surface area (Å²) in [4.78, 5) is 18.2. The SMILES string of the molecule is COc1cccc(CN=C(NCC(=O)N(C)C)NC2CC3CCC2C3)c1. The van der Waals surface area contributed by atoms with Gasteiger partial charge >= 0.3 is 0 Å². The molecule has 0 spiro atoms. The van der Waals surface area contributed by atoms with Crippen LogP contribution < -0.4 is 15.4 Å². The molecule has 1 amide bonds. The minimum Gasteiger partial charge on any atom is -0.497 e. The third-order valence-corrected chi connectivity index (χ3v) is 5.52. The van der Waals surface area contributed by atoms with Gasteiger partial charge in [-0.2, -0.15) is 0 Å². The van der Waals surface area contributed by atoms with Crippen LogP contribution in [0.15, 0.2) is 29.3 Å². The molecule has 2 bridgehead atoms. The van der Waals surface area contributed by atoms with E-state index in [1.807, 2.05) is 24.3 Å². The van der Waals surface area contributed by atoms with Gasteiger partial charge in [-0.25, -0.2) is 4.99 Å². The van der Waals surface area contributed by atoms with Crippen molar-refractivity contribution in [3.8, 4) is 5.75 Å². The molecule has 142 valence electrons. The summed E-state index contributed by atoms with van der Waals surface area (Å²) < 4.78 is 5.28. The molecule has 0 heterocycles. The Morgan fingerprint density at radius 2 is 2.15 bits per heavy atom. The summed E-state index contributed by atoms with van der Waals surface area (Å²) in [5.74, 6) is 3.19. The van der Waals surface area contributed by atoms with Gasteiger partial charge in [-0.1, -0.05) is 18.6 Å². The number of guanidine groups is 1. The number of hydrogen-bond donors (Lipinski definition) is 2. The van der Waals surface area contributed by atoms with Crippen molar-refractivity contribution in [1.82, 2.24) is 15.5 Å². The number of fused-ring (bicyclic) bond motifs is 2. The van der Waals surface area contributed by atoms with Gasteiger partial charge < -0.3 is 20.3 Å². The highest BCUT2D eigenvalue weighted by molar-refractivity contribution is 5.86. The van der Waals surface area contributed by atoms with Crippen LogP contribution in [-0.4, -0.2) is 50.6 Å². The number of nitrogens with zero attached hydrogens (tertiary/aromatic N) is 2. The predicted octanol–water partition coefficient (Wildman–Crippen LogP) is 2.01. The van der Waals surface area contributed by atoms with E-state index in [0.29, 0.717) is 12.6 Å². The first-order valence-corrected chi connectivity index (χ1v) is 9.43. The number of hydrogen-bond acceptors (Lipinski definition) is 3. The molecule has 3 unspecified atom stereocenters. The van der Waals surface area contributed by atoms with Crippen molar-refractivity contribution in [3.05, 3.63) is 29.8 Å². The highest BCUT2D eigenvalue weighted by atomic mass is 16.5. The molecule has 3 rings (SSSR count). The number of benzene rings is 1. The lowest BCUT2D eigenvalue weighted by Crippen LogP contribution is -2.48. The average Bonchev–Trinajstić information content (AvgIpc) is 3.26. The monoisotopic (exact) mass is 358 g/mol. The number of carbonyl (C=O) groups is 1. The molecule has 0 aliphatic heterocycles. The third kappa shape index (κ3) is 4.68. The average molecular weight is 358 g/mol. The van der Waals surface area contributed by atoms with Gasteiger partial charge in [-0.3, -0.25) is 4.79 Å². The molecule has 6 nitrogen and oxygen atoms in total. The predicted molar refractivity (Wildman–Crippen MR) is 103 cm³/mol. The highest BCUT2D eigenvalue weighted by Crippen LogP contribution is 2.44. The Kier molecular flexibility index (Phi) is 6.01. The Morgan fingerprint density at radius 1 is 1.31 bits per heavy atom. The number of likely N-dealkylation sites (N-methyl/N-ethyl adjacent to an activating group) is 1. The highest BCUT2D eigenvalue weighted by Gasteiger charge is 2.39. The first-order valence-electron chi connectivity index (χ1n) is 9.43. The minimum atomic E-state index is 0.0359. The maximum atomic E-state index is 11.9. The molecule has 0 radical (unpaired) electrons. The molecule has 0 saturated heterocycles. The molecule has 1 aromatic rings. The van der Waals surface area contributed by atoms with Crippen molar-refractivity contribution in [1.29, 1.82) is 0 Å². The maximum Gasteiger partial charge on any atom is 0.241 e. The summed E-state index contributed by atoms with van der Waals surface area (Å²) >= 11 is 0. The van der Waals surface area contributed by atoms with Crippen LogP contribution in [0.5, 0.6) is 5.75 Å². The molecule has 1 aromatic carbocycles. The number of methoxy groups -OCH3 is 1. The van der Waals surface area contributed by atoms with Crippen molar-refractivity contribution in [2.75, 3.05) is 27.7 Å². The zero-order valence-electron chi connectivity index (χ0n) is 16.0. The van der Waals surface area contributed by atoms with Crippen molar-refractivity contribution in [2.45, 2.75) is 38.3 Å². The molecule has 3 atom stereocenters. The van der Waals surface area contributed by atoms with Crippen LogP contribution in [0, 0.1) is 11.8 Å². The number of aliphatic imine (C=N–C) groups is 1. The first-order chi connectivity index (χ1) is 12.5. The number of carbonyl (C=O) groups excluding carboxylic acids is 1. The van der Waals surface area contributed by atoms with Crippen molar-refractivity contribution in [3.63, 3.8) is 0 Å². The fraction of sp³-hybridized carbons (Fsp3) is 0.600. The van der Waals surface area contributed by atoms with Gasteiger partial charge in [0.25, 0.3) is 0 Å². The summed E-state index contributed by atoms with van der Waals surface area (Å²) in [7, 11) is 5.19. The van der Waals surface area contributed by atoms with Crippen molar-refractivity contribution >= 4 is 11.9 Å². The second-order valence-electron chi connectivity index (χ2n) is 7.58. The molecule has 2 aliphatic carbocycles. The van der Waals surface area contributed by atoms with E-state index < -0.39 is 0 Å². The van der Waals surface area contributed by atoms with Crippen LogP contribution in [0.2, 0.25) is 0 Å². The van der Waals surface area contributed by atoms with Crippen LogP contribution in [-0.2, 0) is 11.3 Å². The molecule has 0 aromatic heterocycles. The molecule has 2 aliphatic rings. The zero-order valence-corrected chi connectivity index (χ0v) is 16.0. The molecule has 26 heavy (non-hydrogen) atoms. The van der Waals surface area contributed by atoms with Crippen LogP contribution >= 0.6 is 0 Å². The Bertz CT molecular complexity index is 659. The van der Waals surface area contributed by atoms with Crippen LogP contribution in [0.25, 0.3) is 0 Å². The molecule has 2 saturated carbocycles. The van der Waals surface area contributed by atoms with E-state index in [4.69, 9.17) is 9.73 Å². The van der Waals surface area contributed by atoms with E-state index in [1.165, 1.54) is 25.7 Å². The Hall–Kier alpha value is -2.24. The van der Waals surface area contributed by atoms with Crippen LogP contribution in [0.3, 0.4) is 0 Å². The van der Waals surface area contributed by atoms with E-state index in [9.17, 15) is 4.79 Å². The Balaban J connectivity index is 1.65. The number of rotatable bonds is 6. The topological polar surface area (TPSA) is 66.0 Å². The lowest BCUT2D eigenvalue weighted by atomic mass is 9.95. The van der Waals surface area contributed by atoms with Crippen molar-refractivity contribution < 1.29 is 9.53 Å². The van der Waals surface area contributed by atoms with E-state index >= 15 is 0 Å². The van der Waals surface area contributed by atoms with Gasteiger partial charge in [0.15, 0.2) is 5.96 Å². The lowest BCUT2D eigenvalue weighted by molar-refractivity contribution is -0.127. The summed E-state index contributed by atoms with van der Waals surface area (Å²) in [5, 5.41) is 6.78. The van der Waals surface area contributed by atoms with Crippen LogP contribution in [0.4, 0.5) is 0 Å². The van der Waals surface area contributed by atoms with Gasteiger partial charge in [-0.15, -0.1) is 0 Å². The van der Waals surface area contributed by atoms with Gasteiger partial charge in [0.2, 0.25) is 5.91 Å². The number of ether oxygens (including phenoxy) is 1. The van der Waals surface area contributed by atoms with E-state index in [2.05, 4.69) is 10.6 Å². The normalized spacial score (nSPS) is 24.4. The van der Waals surface area contributed by atoms with E-state index in [0.717, 1.165) is 29.1 Å². The van der Waals surface area contributed by atoms with E-state index in [1.54, 1.807) is 26.1 Å². The van der Waals surface area contributed by atoms with Gasteiger partial charge in [-0.05, 0) is 48.8 Å². The lowest BCUT2D eigenvalue weighted by Gasteiger charge is -2.25. The second kappa shape index (κ2) is 8.43. The summed E-state index contributed by atoms with van der Waals surface area (Å²) in [6.07, 6.45) is 5.22. The Morgan fingerprint density at radius 3 is 2.81 bits per heavy atom. The summed E-state index contributed by atoms with van der Waals surface area (Å²) in [5.41, 5.74) is 1.08. The van der Waals surface area contributed by atoms with Crippen molar-refractivity contribution in [2.24, 2.45) is 16.8 Å². The minimum absolute atomic E-state index is 0.0359. The second-order valence-corrected chi connectivity index (χ2v) is 7.58. The maximum absolute atomic E-state index is 11.9. The number of amides is 1. The molecule has 2 fully saturated rings. The largest absolute Gasteiger partial charge is 0.497 e. The summed E-state index contributed by atoms with van der Waals surface area (Å²) in [6.45, 7) is 0.793. The molecular formula is C20H30N4O2. The molecular weight excluding hydrogens is 328 g/mol. The molecule has 2 N–H and O–H groups in total. The van der Waals surface area contributed by atoms with Gasteiger partial charge in [0.1, 0.15) is 5.75 Å². The fourth-order valence-corrected chi connectivity index (χ4v) is 4.01. The zero-order chi connectivity index (χ0) is 18.5. The quantitative estimate of drug-likeness (QED) is 0.603. The van der Waals surface area contributed by atoms with Gasteiger partial charge in [0, 0.05) is 20.1 Å². The van der Waals surface area contributed by atoms with Crippen LogP contribution in [0.1, 0.15) is 31.2 Å². The van der Waals surface area contributed by atoms with E-state index in [-0.39, 0.29) is 12.5 Å². The fourth-order valence-electron chi connectivity index (χ4n) is 4.01.